The highest BCUT2D eigenvalue weighted by Crippen LogP contribution is 2.37. The normalized spacial score (nSPS) is 15.1. The lowest BCUT2D eigenvalue weighted by Gasteiger charge is -2.11. The van der Waals surface area contributed by atoms with Gasteiger partial charge in [-0.25, -0.2) is 4.79 Å². The minimum Gasteiger partial charge on any atom is -0.500 e. The number of phenolic OH excluding ortho intramolecular Hbond substituents is 1. The molecule has 0 aliphatic carbocycles. The molecule has 1 saturated heterocycles. The van der Waals surface area contributed by atoms with E-state index in [9.17, 15) is 24.8 Å². The molecule has 0 aromatic heterocycles. The van der Waals surface area contributed by atoms with E-state index in [2.05, 4.69) is 5.32 Å². The van der Waals surface area contributed by atoms with Gasteiger partial charge in [0.25, 0.3) is 5.91 Å². The first-order valence-electron chi connectivity index (χ1n) is 7.84. The van der Waals surface area contributed by atoms with Crippen LogP contribution in [0, 0.1) is 10.1 Å². The topological polar surface area (TPSA) is 122 Å². The fourth-order valence-electron chi connectivity index (χ4n) is 2.64. The molecule has 2 aromatic rings. The predicted molar refractivity (Wildman–Crippen MR) is 94.8 cm³/mol. The molecular weight excluding hydrogens is 354 g/mol. The van der Waals surface area contributed by atoms with Gasteiger partial charge in [-0.3, -0.25) is 19.8 Å². The molecule has 1 aliphatic rings. The van der Waals surface area contributed by atoms with Gasteiger partial charge in [0, 0.05) is 6.07 Å². The molecule has 3 rings (SSSR count). The number of nitrogens with one attached hydrogen (secondary N) is 1. The summed E-state index contributed by atoms with van der Waals surface area (Å²) in [5, 5.41) is 23.3. The van der Waals surface area contributed by atoms with E-state index in [-0.39, 0.29) is 23.6 Å². The number of ether oxygens (including phenoxy) is 1. The summed E-state index contributed by atoms with van der Waals surface area (Å²) in [6.07, 6.45) is 1.29. The Bertz CT molecular complexity index is 955. The van der Waals surface area contributed by atoms with Crippen molar-refractivity contribution in [3.05, 3.63) is 69.4 Å². The zero-order chi connectivity index (χ0) is 19.6. The summed E-state index contributed by atoms with van der Waals surface area (Å²) in [5.74, 6) is -1.29. The van der Waals surface area contributed by atoms with Crippen LogP contribution in [0.4, 0.5) is 10.5 Å². The molecular formula is C18H15N3O6. The molecule has 2 aromatic carbocycles. The average Bonchev–Trinajstić information content (AvgIpc) is 2.91. The Hall–Kier alpha value is -3.88. The number of hydrogen-bond acceptors (Lipinski definition) is 6. The van der Waals surface area contributed by atoms with Gasteiger partial charge in [-0.05, 0) is 23.3 Å². The van der Waals surface area contributed by atoms with E-state index >= 15 is 0 Å². The van der Waals surface area contributed by atoms with E-state index in [1.165, 1.54) is 19.3 Å². The molecule has 9 nitrogen and oxygen atoms in total. The zero-order valence-electron chi connectivity index (χ0n) is 14.2. The SMILES string of the molecule is COc1cc(/C=C2/NC(=O)N(Cc3ccccc3)C2=O)cc([N+](=O)[O-])c1O. The number of amides is 3. The van der Waals surface area contributed by atoms with Crippen molar-refractivity contribution in [2.24, 2.45) is 0 Å². The first-order valence-corrected chi connectivity index (χ1v) is 7.84. The highest BCUT2D eigenvalue weighted by molar-refractivity contribution is 6.13. The number of urea groups is 1. The van der Waals surface area contributed by atoms with Crippen LogP contribution >= 0.6 is 0 Å². The number of phenols is 1. The molecule has 1 aliphatic heterocycles. The molecule has 0 unspecified atom stereocenters. The number of benzene rings is 2. The van der Waals surface area contributed by atoms with E-state index in [0.717, 1.165) is 16.5 Å². The minimum atomic E-state index is -0.767. The molecule has 3 amide bonds. The Balaban J connectivity index is 1.92. The number of nitro benzene ring substituents is 1. The van der Waals surface area contributed by atoms with Gasteiger partial charge in [0.15, 0.2) is 5.75 Å². The number of aromatic hydroxyl groups is 1. The number of methoxy groups -OCH3 is 1. The molecule has 0 atom stereocenters. The molecule has 2 N–H and O–H groups in total. The van der Waals surface area contributed by atoms with Crippen molar-refractivity contribution >= 4 is 23.7 Å². The summed E-state index contributed by atoms with van der Waals surface area (Å²) in [5.41, 5.74) is 0.405. The lowest BCUT2D eigenvalue weighted by molar-refractivity contribution is -0.386. The van der Waals surface area contributed by atoms with Crippen LogP contribution in [0.25, 0.3) is 6.08 Å². The van der Waals surface area contributed by atoms with Gasteiger partial charge in [-0.1, -0.05) is 30.3 Å². The predicted octanol–water partition coefficient (Wildman–Crippen LogP) is 2.40. The summed E-state index contributed by atoms with van der Waals surface area (Å²) >= 11 is 0. The van der Waals surface area contributed by atoms with Crippen molar-refractivity contribution in [2.75, 3.05) is 7.11 Å². The van der Waals surface area contributed by atoms with Crippen molar-refractivity contribution in [3.63, 3.8) is 0 Å². The van der Waals surface area contributed by atoms with Gasteiger partial charge >= 0.3 is 11.7 Å². The summed E-state index contributed by atoms with van der Waals surface area (Å²) in [6, 6.07) is 10.8. The number of nitrogens with zero attached hydrogens (tertiary/aromatic N) is 2. The second-order valence-electron chi connectivity index (χ2n) is 5.71. The average molecular weight is 369 g/mol. The fraction of sp³-hybridized carbons (Fsp3) is 0.111. The molecule has 0 spiro atoms. The van der Waals surface area contributed by atoms with Crippen molar-refractivity contribution in [2.45, 2.75) is 6.54 Å². The maximum atomic E-state index is 12.5. The Morgan fingerprint density at radius 3 is 2.59 bits per heavy atom. The number of rotatable bonds is 5. The van der Waals surface area contributed by atoms with Gasteiger partial charge in [-0.15, -0.1) is 0 Å². The monoisotopic (exact) mass is 369 g/mol. The largest absolute Gasteiger partial charge is 0.500 e. The quantitative estimate of drug-likeness (QED) is 0.361. The summed E-state index contributed by atoms with van der Waals surface area (Å²) < 4.78 is 4.92. The Kier molecular flexibility index (Phi) is 4.75. The molecule has 27 heavy (non-hydrogen) atoms. The Morgan fingerprint density at radius 2 is 1.96 bits per heavy atom. The van der Waals surface area contributed by atoms with Crippen LogP contribution in [-0.2, 0) is 11.3 Å². The molecule has 0 radical (unpaired) electrons. The van der Waals surface area contributed by atoms with Crippen LogP contribution in [0.3, 0.4) is 0 Å². The highest BCUT2D eigenvalue weighted by atomic mass is 16.6. The van der Waals surface area contributed by atoms with Crippen LogP contribution < -0.4 is 10.1 Å². The summed E-state index contributed by atoms with van der Waals surface area (Å²) in [4.78, 5) is 36.0. The molecule has 0 bridgehead atoms. The zero-order valence-corrected chi connectivity index (χ0v) is 14.2. The Labute approximate surface area is 153 Å². The lowest BCUT2D eigenvalue weighted by Crippen LogP contribution is -2.30. The van der Waals surface area contributed by atoms with Gasteiger partial charge in [0.1, 0.15) is 5.70 Å². The second kappa shape index (κ2) is 7.16. The fourth-order valence-corrected chi connectivity index (χ4v) is 2.64. The van der Waals surface area contributed by atoms with Crippen LogP contribution in [0.5, 0.6) is 11.5 Å². The van der Waals surface area contributed by atoms with E-state index in [0.29, 0.717) is 0 Å². The van der Waals surface area contributed by atoms with Gasteiger partial charge < -0.3 is 15.2 Å². The molecule has 9 heteroatoms. The van der Waals surface area contributed by atoms with Crippen molar-refractivity contribution < 1.29 is 24.4 Å². The van der Waals surface area contributed by atoms with E-state index in [4.69, 9.17) is 4.74 Å². The van der Waals surface area contributed by atoms with Gasteiger partial charge in [0.2, 0.25) is 5.75 Å². The van der Waals surface area contributed by atoms with Crippen molar-refractivity contribution in [1.82, 2.24) is 10.2 Å². The van der Waals surface area contributed by atoms with Gasteiger partial charge in [0.05, 0.1) is 18.6 Å². The van der Waals surface area contributed by atoms with Crippen LogP contribution in [0.1, 0.15) is 11.1 Å². The molecule has 1 heterocycles. The maximum Gasteiger partial charge on any atom is 0.329 e. The van der Waals surface area contributed by atoms with E-state index in [1.807, 2.05) is 6.07 Å². The number of hydrogen-bond donors (Lipinski definition) is 2. The first-order chi connectivity index (χ1) is 12.9. The van der Waals surface area contributed by atoms with Crippen molar-refractivity contribution in [1.29, 1.82) is 0 Å². The van der Waals surface area contributed by atoms with Crippen molar-refractivity contribution in [3.8, 4) is 11.5 Å². The second-order valence-corrected chi connectivity index (χ2v) is 5.71. The number of nitro groups is 1. The third-order valence-electron chi connectivity index (χ3n) is 3.95. The third-order valence-corrected chi connectivity index (χ3v) is 3.95. The third kappa shape index (κ3) is 3.56. The molecule has 1 fully saturated rings. The summed E-state index contributed by atoms with van der Waals surface area (Å²) in [6.45, 7) is 0.0991. The van der Waals surface area contributed by atoms with Crippen LogP contribution in [0.2, 0.25) is 0 Å². The standard InChI is InChI=1S/C18H15N3O6/c1-27-15-9-12(8-14(16(15)22)21(25)26)7-13-17(23)20(18(24)19-13)10-11-5-3-2-4-6-11/h2-9,22H,10H2,1H3,(H,19,24)/b13-7+. The van der Waals surface area contributed by atoms with Crippen LogP contribution in [-0.4, -0.2) is 34.0 Å². The number of carbonyl (C=O) groups excluding carboxylic acids is 2. The van der Waals surface area contributed by atoms with Crippen LogP contribution in [0.15, 0.2) is 48.2 Å². The van der Waals surface area contributed by atoms with Gasteiger partial charge in [-0.2, -0.15) is 0 Å². The smallest absolute Gasteiger partial charge is 0.329 e. The number of carbonyl (C=O) groups is 2. The molecule has 138 valence electrons. The maximum absolute atomic E-state index is 12.5. The molecule has 0 saturated carbocycles. The van der Waals surface area contributed by atoms with E-state index < -0.39 is 28.3 Å². The number of imide groups is 1. The first kappa shape index (κ1) is 17.9. The minimum absolute atomic E-state index is 0.0297. The summed E-state index contributed by atoms with van der Waals surface area (Å²) in [7, 11) is 1.25. The lowest BCUT2D eigenvalue weighted by atomic mass is 10.1. The Morgan fingerprint density at radius 1 is 1.26 bits per heavy atom. The van der Waals surface area contributed by atoms with E-state index in [1.54, 1.807) is 24.3 Å². The highest BCUT2D eigenvalue weighted by Gasteiger charge is 2.33.